The van der Waals surface area contributed by atoms with Crippen LogP contribution < -0.4 is 0 Å². The van der Waals surface area contributed by atoms with E-state index in [9.17, 15) is 9.90 Å². The summed E-state index contributed by atoms with van der Waals surface area (Å²) in [5.74, 6) is 0. The number of benzene rings is 1. The normalized spacial score (nSPS) is 14.6. The number of amides is 1. The van der Waals surface area contributed by atoms with Gasteiger partial charge >= 0.3 is 6.09 Å². The summed E-state index contributed by atoms with van der Waals surface area (Å²) in [5.41, 5.74) is 0.244. The van der Waals surface area contributed by atoms with Gasteiger partial charge in [-0.3, -0.25) is 0 Å². The van der Waals surface area contributed by atoms with E-state index in [1.807, 2.05) is 51.1 Å². The summed E-state index contributed by atoms with van der Waals surface area (Å²) in [6.45, 7) is 7.24. The van der Waals surface area contributed by atoms with Crippen LogP contribution in [0.15, 0.2) is 30.3 Å². The van der Waals surface area contributed by atoms with Crippen LogP contribution in [0.5, 0.6) is 0 Å². The number of carbonyl (C=O) groups is 1. The molecular weight excluding hydrogens is 242 g/mol. The van der Waals surface area contributed by atoms with Crippen molar-refractivity contribution in [3.8, 4) is 0 Å². The molecule has 1 aromatic carbocycles. The van der Waals surface area contributed by atoms with Crippen molar-refractivity contribution in [2.24, 2.45) is 0 Å². The Kier molecular flexibility index (Phi) is 4.95. The molecule has 0 bridgehead atoms. The predicted molar refractivity (Wildman–Crippen MR) is 74.9 cm³/mol. The van der Waals surface area contributed by atoms with Gasteiger partial charge in [-0.15, -0.1) is 0 Å². The summed E-state index contributed by atoms with van der Waals surface area (Å²) in [5, 5.41) is 10.3. The zero-order valence-corrected chi connectivity index (χ0v) is 12.3. The second-order valence-corrected chi connectivity index (χ2v) is 5.69. The fourth-order valence-electron chi connectivity index (χ4n) is 1.64. The van der Waals surface area contributed by atoms with Gasteiger partial charge in [-0.1, -0.05) is 30.3 Å². The molecule has 0 unspecified atom stereocenters. The van der Waals surface area contributed by atoms with Crippen LogP contribution in [0, 0.1) is 0 Å². The smallest absolute Gasteiger partial charge is 0.410 e. The third-order valence-corrected chi connectivity index (χ3v) is 2.89. The van der Waals surface area contributed by atoms with Gasteiger partial charge in [0.2, 0.25) is 0 Å². The Bertz CT molecular complexity index is 411. The molecule has 0 heterocycles. The number of nitrogens with zero attached hydrogens (tertiary/aromatic N) is 1. The summed E-state index contributed by atoms with van der Waals surface area (Å²) in [6, 6.07) is 8.92. The van der Waals surface area contributed by atoms with Gasteiger partial charge in [0, 0.05) is 7.05 Å². The third kappa shape index (κ3) is 4.56. The monoisotopic (exact) mass is 265 g/mol. The first kappa shape index (κ1) is 15.5. The first-order valence-electron chi connectivity index (χ1n) is 6.41. The first-order chi connectivity index (χ1) is 8.72. The highest BCUT2D eigenvalue weighted by molar-refractivity contribution is 5.68. The van der Waals surface area contributed by atoms with Crippen LogP contribution in [0.2, 0.25) is 0 Å². The molecule has 0 saturated carbocycles. The lowest BCUT2D eigenvalue weighted by molar-refractivity contribution is 0.00518. The summed E-state index contributed by atoms with van der Waals surface area (Å²) in [4.78, 5) is 13.3. The molecule has 0 aliphatic rings. The maximum absolute atomic E-state index is 11.9. The van der Waals surface area contributed by atoms with E-state index in [2.05, 4.69) is 0 Å². The Hall–Kier alpha value is -1.55. The number of rotatable bonds is 3. The van der Waals surface area contributed by atoms with E-state index in [0.29, 0.717) is 0 Å². The van der Waals surface area contributed by atoms with Crippen LogP contribution >= 0.6 is 0 Å². The molecule has 1 aromatic rings. The molecule has 0 fully saturated rings. The Labute approximate surface area is 115 Å². The maximum atomic E-state index is 11.9. The van der Waals surface area contributed by atoms with Gasteiger partial charge in [0.1, 0.15) is 5.60 Å². The molecule has 1 amide bonds. The highest BCUT2D eigenvalue weighted by Gasteiger charge is 2.27. The molecule has 1 rings (SSSR count). The number of likely N-dealkylation sites (N-methyl/N-ethyl adjacent to an activating group) is 1. The molecule has 0 aliphatic heterocycles. The number of ether oxygens (including phenoxy) is 1. The van der Waals surface area contributed by atoms with Gasteiger partial charge in [0.05, 0.1) is 12.1 Å². The van der Waals surface area contributed by atoms with Crippen LogP contribution in [-0.4, -0.2) is 34.8 Å². The van der Waals surface area contributed by atoms with Crippen molar-refractivity contribution in [2.45, 2.75) is 45.4 Å². The van der Waals surface area contributed by atoms with Gasteiger partial charge in [-0.2, -0.15) is 0 Å². The zero-order valence-electron chi connectivity index (χ0n) is 12.3. The molecule has 0 saturated heterocycles. The Morgan fingerprint density at radius 3 is 2.26 bits per heavy atom. The van der Waals surface area contributed by atoms with E-state index in [1.165, 1.54) is 4.90 Å². The predicted octanol–water partition coefficient (Wildman–Crippen LogP) is 2.98. The summed E-state index contributed by atoms with van der Waals surface area (Å²) >= 11 is 0. The molecule has 4 heteroatoms. The number of aliphatic hydroxyl groups is 1. The van der Waals surface area contributed by atoms with Crippen LogP contribution in [0.1, 0.15) is 39.4 Å². The minimum absolute atomic E-state index is 0.364. The van der Waals surface area contributed by atoms with Crippen molar-refractivity contribution in [1.82, 2.24) is 4.90 Å². The Morgan fingerprint density at radius 2 is 1.79 bits per heavy atom. The summed E-state index contributed by atoms with van der Waals surface area (Å²) in [6.07, 6.45) is -1.17. The molecule has 106 valence electrons. The molecule has 1 N–H and O–H groups in total. The molecule has 0 aliphatic carbocycles. The van der Waals surface area contributed by atoms with E-state index in [1.54, 1.807) is 14.0 Å². The average molecular weight is 265 g/mol. The fourth-order valence-corrected chi connectivity index (χ4v) is 1.64. The van der Waals surface area contributed by atoms with Crippen LogP contribution in [0.3, 0.4) is 0 Å². The first-order valence-corrected chi connectivity index (χ1v) is 6.41. The number of carbonyl (C=O) groups excluding carboxylic acids is 1. The van der Waals surface area contributed by atoms with E-state index in [-0.39, 0.29) is 6.04 Å². The Morgan fingerprint density at radius 1 is 1.26 bits per heavy atom. The lowest BCUT2D eigenvalue weighted by Crippen LogP contribution is -2.42. The topological polar surface area (TPSA) is 49.8 Å². The van der Waals surface area contributed by atoms with Crippen molar-refractivity contribution < 1.29 is 14.6 Å². The van der Waals surface area contributed by atoms with E-state index < -0.39 is 17.8 Å². The third-order valence-electron chi connectivity index (χ3n) is 2.89. The van der Waals surface area contributed by atoms with Gasteiger partial charge in [0.15, 0.2) is 0 Å². The average Bonchev–Trinajstić information content (AvgIpc) is 2.35. The molecule has 2 atom stereocenters. The molecule has 4 nitrogen and oxygen atoms in total. The number of aliphatic hydroxyl groups excluding tert-OH is 1. The van der Waals surface area contributed by atoms with Crippen LogP contribution in [0.4, 0.5) is 4.79 Å². The standard InChI is InChI=1S/C15H23NO3/c1-11(13(17)12-9-7-6-8-10-12)16(5)14(18)19-15(2,3)4/h6-11,13,17H,1-5H3/t11-,13-/m0/s1. The molecule has 0 spiro atoms. The molecule has 0 radical (unpaired) electrons. The van der Waals surface area contributed by atoms with Crippen molar-refractivity contribution in [1.29, 1.82) is 0 Å². The van der Waals surface area contributed by atoms with Crippen LogP contribution in [-0.2, 0) is 4.74 Å². The molecule has 0 aromatic heterocycles. The Balaban J connectivity index is 2.72. The lowest BCUT2D eigenvalue weighted by Gasteiger charge is -2.31. The van der Waals surface area contributed by atoms with E-state index in [0.717, 1.165) is 5.56 Å². The second-order valence-electron chi connectivity index (χ2n) is 5.69. The quantitative estimate of drug-likeness (QED) is 0.914. The molecular formula is C15H23NO3. The molecule has 19 heavy (non-hydrogen) atoms. The van der Waals surface area contributed by atoms with Crippen molar-refractivity contribution >= 4 is 6.09 Å². The summed E-state index contributed by atoms with van der Waals surface area (Å²) in [7, 11) is 1.63. The van der Waals surface area contributed by atoms with Crippen LogP contribution in [0.25, 0.3) is 0 Å². The maximum Gasteiger partial charge on any atom is 0.410 e. The SMILES string of the molecule is C[C@@H]([C@H](O)c1ccccc1)N(C)C(=O)OC(C)(C)C. The van der Waals surface area contributed by atoms with Gasteiger partial charge < -0.3 is 14.7 Å². The highest BCUT2D eigenvalue weighted by atomic mass is 16.6. The van der Waals surface area contributed by atoms with Gasteiger partial charge in [-0.25, -0.2) is 4.79 Å². The summed E-state index contributed by atoms with van der Waals surface area (Å²) < 4.78 is 5.28. The highest BCUT2D eigenvalue weighted by Crippen LogP contribution is 2.21. The minimum Gasteiger partial charge on any atom is -0.444 e. The minimum atomic E-state index is -0.737. The van der Waals surface area contributed by atoms with Crippen molar-refractivity contribution in [2.75, 3.05) is 7.05 Å². The van der Waals surface area contributed by atoms with Crippen molar-refractivity contribution in [3.05, 3.63) is 35.9 Å². The largest absolute Gasteiger partial charge is 0.444 e. The second kappa shape index (κ2) is 6.06. The number of hydrogen-bond acceptors (Lipinski definition) is 3. The van der Waals surface area contributed by atoms with Gasteiger partial charge in [0.25, 0.3) is 0 Å². The lowest BCUT2D eigenvalue weighted by atomic mass is 10.0. The fraction of sp³-hybridized carbons (Fsp3) is 0.533. The van der Waals surface area contributed by atoms with E-state index in [4.69, 9.17) is 4.74 Å². The number of hydrogen-bond donors (Lipinski definition) is 1. The van der Waals surface area contributed by atoms with E-state index >= 15 is 0 Å². The zero-order chi connectivity index (χ0) is 14.6. The van der Waals surface area contributed by atoms with Gasteiger partial charge in [-0.05, 0) is 33.3 Å². The van der Waals surface area contributed by atoms with Crippen molar-refractivity contribution in [3.63, 3.8) is 0 Å².